The molecule has 66 heavy (non-hydrogen) atoms. The zero-order chi connectivity index (χ0) is 47.6. The summed E-state index contributed by atoms with van der Waals surface area (Å²) in [6.45, 7) is 20.4. The smallest absolute Gasteiger partial charge is 0.205 e. The van der Waals surface area contributed by atoms with Crippen molar-refractivity contribution in [2.24, 2.45) is 4.99 Å². The quantitative estimate of drug-likeness (QED) is 0.0143. The van der Waals surface area contributed by atoms with Crippen molar-refractivity contribution >= 4 is 57.4 Å². The summed E-state index contributed by atoms with van der Waals surface area (Å²) in [6.07, 6.45) is 36.0. The third-order valence-corrected chi connectivity index (χ3v) is 14.8. The summed E-state index contributed by atoms with van der Waals surface area (Å²) in [5.41, 5.74) is 6.44. The molecule has 0 fully saturated rings. The third-order valence-electron chi connectivity index (χ3n) is 12.3. The summed E-state index contributed by atoms with van der Waals surface area (Å²) in [4.78, 5) is 9.72. The van der Waals surface area contributed by atoms with Crippen LogP contribution in [0.25, 0.3) is 18.2 Å². The van der Waals surface area contributed by atoms with Gasteiger partial charge in [0.1, 0.15) is 0 Å². The molecule has 0 amide bonds. The monoisotopic (exact) mass is 938 g/mol. The molecule has 0 bridgehead atoms. The first kappa shape index (κ1) is 56.8. The van der Waals surface area contributed by atoms with E-state index in [-0.39, 0.29) is 0 Å². The van der Waals surface area contributed by atoms with Crippen molar-refractivity contribution < 1.29 is 13.5 Å². The Bertz CT molecular complexity index is 1810. The van der Waals surface area contributed by atoms with Crippen molar-refractivity contribution in [3.63, 3.8) is 0 Å². The number of aliphatic imine (C=N–C) groups is 1. The van der Waals surface area contributed by atoms with Crippen molar-refractivity contribution in [3.8, 4) is 0 Å². The lowest BCUT2D eigenvalue weighted by molar-refractivity contribution is -0.892. The van der Waals surface area contributed by atoms with Gasteiger partial charge in [0.05, 0.1) is 60.8 Å². The normalized spacial score (nSPS) is 12.6. The van der Waals surface area contributed by atoms with Crippen LogP contribution in [0.15, 0.2) is 108 Å². The summed E-state index contributed by atoms with van der Waals surface area (Å²) in [6, 6.07) is 24.7. The van der Waals surface area contributed by atoms with E-state index in [0.29, 0.717) is 0 Å². The predicted octanol–water partition coefficient (Wildman–Crippen LogP) is 13.9. The number of allylic oxidation sites excluding steroid dienone is 5. The molecule has 2 aromatic carbocycles. The zero-order valence-corrected chi connectivity index (χ0v) is 44.7. The molecule has 0 saturated carbocycles. The van der Waals surface area contributed by atoms with E-state index in [9.17, 15) is 0 Å². The average molecular weight is 939 g/mol. The number of pyridine rings is 1. The van der Waals surface area contributed by atoms with Crippen LogP contribution in [-0.4, -0.2) is 114 Å². The van der Waals surface area contributed by atoms with Gasteiger partial charge < -0.3 is 18.8 Å². The first-order valence-electron chi connectivity index (χ1n) is 25.8. The minimum absolute atomic E-state index is 0.885. The van der Waals surface area contributed by atoms with E-state index in [1.807, 2.05) is 12.3 Å². The minimum atomic E-state index is 0.885. The number of nitrogens with zero attached hydrogens (tertiary/aromatic N) is 6. The minimum Gasteiger partial charge on any atom is -0.372 e. The predicted molar refractivity (Wildman–Crippen MR) is 300 cm³/mol. The van der Waals surface area contributed by atoms with Gasteiger partial charge in [-0.05, 0) is 79.3 Å². The second kappa shape index (κ2) is 34.7. The van der Waals surface area contributed by atoms with Crippen LogP contribution >= 0.6 is 21.6 Å². The van der Waals surface area contributed by atoms with Crippen molar-refractivity contribution in [1.29, 1.82) is 0 Å². The van der Waals surface area contributed by atoms with Crippen LogP contribution < -0.4 is 14.4 Å². The molecule has 8 heteroatoms. The molecular weight excluding hydrogens is 845 g/mol. The molecule has 0 radical (unpaired) electrons. The summed E-state index contributed by atoms with van der Waals surface area (Å²) in [5, 5.41) is 0. The highest BCUT2D eigenvalue weighted by Gasteiger charge is 2.17. The Morgan fingerprint density at radius 1 is 0.500 bits per heavy atom. The van der Waals surface area contributed by atoms with E-state index < -0.39 is 0 Å². The highest BCUT2D eigenvalue weighted by atomic mass is 33.1. The topological polar surface area (TPSA) is 22.7 Å². The van der Waals surface area contributed by atoms with Gasteiger partial charge in [-0.15, -0.1) is 0 Å². The molecule has 364 valence electrons. The Labute approximate surface area is 413 Å². The van der Waals surface area contributed by atoms with Gasteiger partial charge in [0.2, 0.25) is 5.69 Å². The van der Waals surface area contributed by atoms with Crippen LogP contribution in [0, 0.1) is 0 Å². The Morgan fingerprint density at radius 3 is 1.50 bits per heavy atom. The lowest BCUT2D eigenvalue weighted by Gasteiger charge is -2.29. The molecule has 1 aromatic heterocycles. The maximum atomic E-state index is 4.63. The van der Waals surface area contributed by atoms with E-state index >= 15 is 0 Å². The molecule has 0 unspecified atom stereocenters. The highest BCUT2D eigenvalue weighted by molar-refractivity contribution is 8.76. The summed E-state index contributed by atoms with van der Waals surface area (Å²) >= 11 is 0. The fourth-order valence-electron chi connectivity index (χ4n) is 8.00. The second-order valence-corrected chi connectivity index (χ2v) is 21.9. The van der Waals surface area contributed by atoms with Crippen molar-refractivity contribution in [3.05, 3.63) is 120 Å². The number of hydrogen-bond acceptors (Lipinski definition) is 5. The van der Waals surface area contributed by atoms with Gasteiger partial charge in [0.15, 0.2) is 12.7 Å². The number of unbranched alkanes of at least 4 members (excludes halogenated alkanes) is 4. The van der Waals surface area contributed by atoms with Crippen molar-refractivity contribution in [2.75, 3.05) is 108 Å². The van der Waals surface area contributed by atoms with Gasteiger partial charge in [-0.2, -0.15) is 4.57 Å². The van der Waals surface area contributed by atoms with Gasteiger partial charge >= 0.3 is 0 Å². The number of benzene rings is 2. The Hall–Kier alpha value is -3.56. The summed E-state index contributed by atoms with van der Waals surface area (Å²) in [5.74, 6) is 2.46. The molecule has 0 atom stereocenters. The van der Waals surface area contributed by atoms with E-state index in [4.69, 9.17) is 0 Å². The fourth-order valence-corrected chi connectivity index (χ4v) is 10.1. The first-order valence-corrected chi connectivity index (χ1v) is 28.3. The molecule has 0 aliphatic carbocycles. The fraction of sp³-hybridized carbons (Fsp3) is 0.552. The molecule has 0 N–H and O–H groups in total. The second-order valence-electron chi connectivity index (χ2n) is 19.2. The van der Waals surface area contributed by atoms with E-state index in [1.165, 1.54) is 137 Å². The molecule has 0 aliphatic rings. The molecule has 6 nitrogen and oxygen atoms in total. The van der Waals surface area contributed by atoms with Crippen LogP contribution in [0.3, 0.4) is 0 Å². The van der Waals surface area contributed by atoms with Gasteiger partial charge in [0.25, 0.3) is 0 Å². The lowest BCUT2D eigenvalue weighted by Crippen LogP contribution is -2.44. The molecule has 0 aliphatic heterocycles. The number of quaternary nitrogens is 2. The van der Waals surface area contributed by atoms with Crippen molar-refractivity contribution in [2.45, 2.75) is 111 Å². The first-order chi connectivity index (χ1) is 32.1. The highest BCUT2D eigenvalue weighted by Crippen LogP contribution is 2.24. The average Bonchev–Trinajstić information content (AvgIpc) is 3.31. The van der Waals surface area contributed by atoms with Crippen LogP contribution in [-0.2, 0) is 6.54 Å². The number of rotatable bonds is 37. The maximum absolute atomic E-state index is 4.63. The maximum Gasteiger partial charge on any atom is 0.205 e. The van der Waals surface area contributed by atoms with Crippen LogP contribution in [0.2, 0.25) is 0 Å². The molecule has 0 spiro atoms. The van der Waals surface area contributed by atoms with Crippen LogP contribution in [0.1, 0.15) is 122 Å². The largest absolute Gasteiger partial charge is 0.372 e. The zero-order valence-electron chi connectivity index (χ0n) is 43.1. The molecule has 3 rings (SSSR count). The number of aromatic nitrogens is 1. The number of hydrogen-bond donors (Lipinski definition) is 0. The molecular formula is C58H93N6S2+3. The Morgan fingerprint density at radius 2 is 0.970 bits per heavy atom. The molecule has 0 saturated heterocycles. The molecule has 3 aromatic rings. The van der Waals surface area contributed by atoms with Gasteiger partial charge in [-0.1, -0.05) is 130 Å². The third kappa shape index (κ3) is 25.5. The van der Waals surface area contributed by atoms with E-state index in [0.717, 1.165) is 54.7 Å². The number of aryl methyl sites for hydroxylation is 1. The van der Waals surface area contributed by atoms with E-state index in [2.05, 4.69) is 212 Å². The van der Waals surface area contributed by atoms with Gasteiger partial charge in [0, 0.05) is 99.3 Å². The standard InChI is InChI=1S/C58H93N6S2/c1-9-13-42-60(43-14-10-2)57-36-30-54(31-37-57)28-20-18-17-19-22-40-59-41-24-48-63(5,6)50-26-52-65-66-53-27-51-64(7,8)49-25-47-62-46-23-21-29-56(62)35-32-55-33-38-58(39-34-55)61(44-15-11-3)45-16-12-4/h17-23,28-40,46H,9-16,24-27,41-45,47-53H2,1-8H3/q+3/b18-17+,22-19-,28-20+,59-40?. The Kier molecular flexibility index (Phi) is 29.8. The van der Waals surface area contributed by atoms with Crippen LogP contribution in [0.5, 0.6) is 0 Å². The van der Waals surface area contributed by atoms with Gasteiger partial charge in [-0.3, -0.25) is 4.99 Å². The van der Waals surface area contributed by atoms with E-state index in [1.54, 1.807) is 0 Å². The SMILES string of the molecule is CCCCN(CCCC)c1ccc(/C=C/C=C/C=C\C=NCCC[N+](C)(C)CCCSSCCC[N+](C)(C)CCC[n+]2ccccc2/C=C/c2ccc(N(CCCC)CCCC)cc2)cc1. The van der Waals surface area contributed by atoms with Crippen molar-refractivity contribution in [1.82, 2.24) is 0 Å². The van der Waals surface area contributed by atoms with Crippen LogP contribution in [0.4, 0.5) is 11.4 Å². The summed E-state index contributed by atoms with van der Waals surface area (Å²) < 4.78 is 4.57. The summed E-state index contributed by atoms with van der Waals surface area (Å²) in [7, 11) is 13.7. The number of anilines is 2. The lowest BCUT2D eigenvalue weighted by atomic mass is 10.1. The molecule has 1 heterocycles. The Balaban J connectivity index is 1.23. The van der Waals surface area contributed by atoms with Gasteiger partial charge in [-0.25, -0.2) is 0 Å².